The average molecular weight is 336 g/mol. The number of amides is 1. The molecule has 0 atom stereocenters. The molecule has 6 nitrogen and oxygen atoms in total. The van der Waals surface area contributed by atoms with Crippen LogP contribution in [0.1, 0.15) is 16.1 Å². The Labute approximate surface area is 144 Å². The van der Waals surface area contributed by atoms with Gasteiger partial charge in [0.25, 0.3) is 11.6 Å². The van der Waals surface area contributed by atoms with Crippen molar-refractivity contribution < 1.29 is 14.1 Å². The minimum Gasteiger partial charge on any atom is -0.451 e. The fraction of sp³-hybridized carbons (Fsp3) is 0.105. The van der Waals surface area contributed by atoms with Crippen molar-refractivity contribution in [3.8, 4) is 11.3 Å². The van der Waals surface area contributed by atoms with Gasteiger partial charge in [0.05, 0.1) is 4.92 Å². The molecule has 3 aromatic rings. The van der Waals surface area contributed by atoms with E-state index in [0.717, 1.165) is 12.0 Å². The maximum Gasteiger partial charge on any atom is 0.287 e. The van der Waals surface area contributed by atoms with Gasteiger partial charge in [-0.2, -0.15) is 0 Å². The first kappa shape index (κ1) is 16.4. The van der Waals surface area contributed by atoms with Gasteiger partial charge >= 0.3 is 0 Å². The number of benzene rings is 2. The second kappa shape index (κ2) is 7.44. The first-order valence-electron chi connectivity index (χ1n) is 7.80. The molecule has 0 aliphatic carbocycles. The Hall–Kier alpha value is -3.41. The Morgan fingerprint density at radius 3 is 2.60 bits per heavy atom. The number of nitro groups is 1. The summed E-state index contributed by atoms with van der Waals surface area (Å²) in [5.41, 5.74) is 1.67. The van der Waals surface area contributed by atoms with Gasteiger partial charge in [0.15, 0.2) is 5.76 Å². The molecule has 6 heteroatoms. The van der Waals surface area contributed by atoms with E-state index in [1.165, 1.54) is 12.1 Å². The highest BCUT2D eigenvalue weighted by atomic mass is 16.6. The molecule has 0 unspecified atom stereocenters. The van der Waals surface area contributed by atoms with E-state index in [1.54, 1.807) is 24.3 Å². The van der Waals surface area contributed by atoms with E-state index in [-0.39, 0.29) is 17.4 Å². The number of hydrogen-bond donors (Lipinski definition) is 1. The van der Waals surface area contributed by atoms with Gasteiger partial charge in [-0.3, -0.25) is 14.9 Å². The van der Waals surface area contributed by atoms with Gasteiger partial charge in [-0.15, -0.1) is 0 Å². The van der Waals surface area contributed by atoms with Crippen LogP contribution in [0.4, 0.5) is 5.69 Å². The molecular formula is C19H16N2O4. The van der Waals surface area contributed by atoms with Gasteiger partial charge in [0, 0.05) is 24.2 Å². The van der Waals surface area contributed by atoms with Gasteiger partial charge < -0.3 is 9.73 Å². The number of nitrogens with zero attached hydrogens (tertiary/aromatic N) is 1. The van der Waals surface area contributed by atoms with E-state index in [9.17, 15) is 14.9 Å². The van der Waals surface area contributed by atoms with E-state index in [2.05, 4.69) is 5.32 Å². The lowest BCUT2D eigenvalue weighted by atomic mass is 10.1. The van der Waals surface area contributed by atoms with Gasteiger partial charge in [0.1, 0.15) is 5.76 Å². The molecule has 0 aliphatic heterocycles. The normalized spacial score (nSPS) is 10.4. The summed E-state index contributed by atoms with van der Waals surface area (Å²) < 4.78 is 5.53. The Balaban J connectivity index is 1.63. The Bertz CT molecular complexity index is 887. The van der Waals surface area contributed by atoms with Crippen molar-refractivity contribution in [2.24, 2.45) is 0 Å². The van der Waals surface area contributed by atoms with Crippen molar-refractivity contribution in [1.29, 1.82) is 0 Å². The predicted octanol–water partition coefficient (Wildman–Crippen LogP) is 3.83. The number of non-ortho nitro benzene ring substituents is 1. The second-order valence-electron chi connectivity index (χ2n) is 5.46. The van der Waals surface area contributed by atoms with Gasteiger partial charge in [-0.05, 0) is 24.1 Å². The lowest BCUT2D eigenvalue weighted by Crippen LogP contribution is -2.25. The van der Waals surface area contributed by atoms with Crippen molar-refractivity contribution in [1.82, 2.24) is 5.32 Å². The first-order chi connectivity index (χ1) is 12.1. The van der Waals surface area contributed by atoms with Crippen LogP contribution in [0.2, 0.25) is 0 Å². The van der Waals surface area contributed by atoms with Gasteiger partial charge in [0.2, 0.25) is 0 Å². The number of furan rings is 1. The number of nitrogens with one attached hydrogen (secondary N) is 1. The molecule has 0 fully saturated rings. The van der Waals surface area contributed by atoms with E-state index in [4.69, 9.17) is 4.42 Å². The van der Waals surface area contributed by atoms with E-state index in [1.807, 2.05) is 30.3 Å². The van der Waals surface area contributed by atoms with Crippen LogP contribution in [-0.2, 0) is 6.42 Å². The van der Waals surface area contributed by atoms with Crippen molar-refractivity contribution in [3.63, 3.8) is 0 Å². The highest BCUT2D eigenvalue weighted by Crippen LogP contribution is 2.25. The Morgan fingerprint density at radius 1 is 1.04 bits per heavy atom. The predicted molar refractivity (Wildman–Crippen MR) is 93.3 cm³/mol. The summed E-state index contributed by atoms with van der Waals surface area (Å²) in [4.78, 5) is 22.5. The molecule has 0 saturated carbocycles. The van der Waals surface area contributed by atoms with Crippen molar-refractivity contribution in [3.05, 3.63) is 88.2 Å². The second-order valence-corrected chi connectivity index (χ2v) is 5.46. The summed E-state index contributed by atoms with van der Waals surface area (Å²) in [7, 11) is 0. The molecule has 1 amide bonds. The smallest absolute Gasteiger partial charge is 0.287 e. The van der Waals surface area contributed by atoms with Gasteiger partial charge in [-0.1, -0.05) is 42.5 Å². The van der Waals surface area contributed by atoms with Crippen LogP contribution in [0.25, 0.3) is 11.3 Å². The number of nitro benzene ring substituents is 1. The number of hydrogen-bond acceptors (Lipinski definition) is 4. The lowest BCUT2D eigenvalue weighted by Gasteiger charge is -2.03. The lowest BCUT2D eigenvalue weighted by molar-refractivity contribution is -0.384. The monoisotopic (exact) mass is 336 g/mol. The Kier molecular flexibility index (Phi) is 4.89. The molecule has 2 aromatic carbocycles. The minimum atomic E-state index is -0.469. The molecule has 0 spiro atoms. The zero-order chi connectivity index (χ0) is 17.6. The largest absolute Gasteiger partial charge is 0.451 e. The molecule has 1 heterocycles. The SMILES string of the molecule is O=C(NCCc1ccccc1)c1ccc(-c2cccc([N+](=O)[O-])c2)o1. The van der Waals surface area contributed by atoms with Crippen LogP contribution in [0.5, 0.6) is 0 Å². The van der Waals surface area contributed by atoms with Crippen LogP contribution in [0.15, 0.2) is 71.1 Å². The molecule has 1 N–H and O–H groups in total. The Morgan fingerprint density at radius 2 is 1.84 bits per heavy atom. The summed E-state index contributed by atoms with van der Waals surface area (Å²) in [5.74, 6) is 0.277. The maximum absolute atomic E-state index is 12.1. The summed E-state index contributed by atoms with van der Waals surface area (Å²) >= 11 is 0. The van der Waals surface area contributed by atoms with Gasteiger partial charge in [-0.25, -0.2) is 0 Å². The number of carbonyl (C=O) groups excluding carboxylic acids is 1. The molecule has 0 saturated heterocycles. The first-order valence-corrected chi connectivity index (χ1v) is 7.80. The third-order valence-electron chi connectivity index (χ3n) is 3.71. The fourth-order valence-electron chi connectivity index (χ4n) is 2.44. The van der Waals surface area contributed by atoms with Crippen molar-refractivity contribution >= 4 is 11.6 Å². The van der Waals surface area contributed by atoms with Crippen LogP contribution < -0.4 is 5.32 Å². The third kappa shape index (κ3) is 4.11. The summed E-state index contributed by atoms with van der Waals surface area (Å²) in [6, 6.07) is 19.1. The van der Waals surface area contributed by atoms with Crippen LogP contribution in [-0.4, -0.2) is 17.4 Å². The molecule has 0 radical (unpaired) electrons. The van der Waals surface area contributed by atoms with E-state index in [0.29, 0.717) is 17.9 Å². The number of carbonyl (C=O) groups is 1. The van der Waals surface area contributed by atoms with Crippen molar-refractivity contribution in [2.75, 3.05) is 6.54 Å². The van der Waals surface area contributed by atoms with Crippen LogP contribution in [0.3, 0.4) is 0 Å². The molecular weight excluding hydrogens is 320 g/mol. The van der Waals surface area contributed by atoms with Crippen LogP contribution in [0, 0.1) is 10.1 Å². The van der Waals surface area contributed by atoms with E-state index >= 15 is 0 Å². The summed E-state index contributed by atoms with van der Waals surface area (Å²) in [6.07, 6.45) is 0.727. The molecule has 1 aromatic heterocycles. The fourth-order valence-corrected chi connectivity index (χ4v) is 2.44. The zero-order valence-corrected chi connectivity index (χ0v) is 13.3. The summed E-state index contributed by atoms with van der Waals surface area (Å²) in [6.45, 7) is 0.496. The molecule has 0 aliphatic rings. The zero-order valence-electron chi connectivity index (χ0n) is 13.3. The standard InChI is InChI=1S/C19H16N2O4/c22-19(20-12-11-14-5-2-1-3-6-14)18-10-9-17(25-18)15-7-4-8-16(13-15)21(23)24/h1-10,13H,11-12H2,(H,20,22). The topological polar surface area (TPSA) is 85.4 Å². The quantitative estimate of drug-likeness (QED) is 0.547. The molecule has 3 rings (SSSR count). The number of rotatable bonds is 6. The summed E-state index contributed by atoms with van der Waals surface area (Å²) in [5, 5.41) is 13.6. The molecule has 126 valence electrons. The molecule has 0 bridgehead atoms. The van der Waals surface area contributed by atoms with E-state index < -0.39 is 4.92 Å². The third-order valence-corrected chi connectivity index (χ3v) is 3.71. The minimum absolute atomic E-state index is 0.0252. The highest BCUT2D eigenvalue weighted by molar-refractivity contribution is 5.92. The van der Waals surface area contributed by atoms with Crippen molar-refractivity contribution in [2.45, 2.75) is 6.42 Å². The molecule has 25 heavy (non-hydrogen) atoms. The van der Waals surface area contributed by atoms with Crippen LogP contribution >= 0.6 is 0 Å². The average Bonchev–Trinajstić information content (AvgIpc) is 3.13. The highest BCUT2D eigenvalue weighted by Gasteiger charge is 2.14. The maximum atomic E-state index is 12.1.